The minimum Gasteiger partial charge on any atom is -0.237 e. The van der Waals surface area contributed by atoms with Crippen LogP contribution in [0.2, 0.25) is 0 Å². The van der Waals surface area contributed by atoms with Crippen molar-refractivity contribution in [2.24, 2.45) is 15.9 Å². The molecule has 0 spiro atoms. The van der Waals surface area contributed by atoms with Gasteiger partial charge in [0.15, 0.2) is 6.54 Å². The van der Waals surface area contributed by atoms with Gasteiger partial charge in [-0.1, -0.05) is 82.2 Å². The third-order valence-electron chi connectivity index (χ3n) is 7.30. The second kappa shape index (κ2) is 7.52. The van der Waals surface area contributed by atoms with Crippen molar-refractivity contribution in [2.75, 3.05) is 6.54 Å². The highest BCUT2D eigenvalue weighted by molar-refractivity contribution is 5.61. The fourth-order valence-electron chi connectivity index (χ4n) is 5.90. The zero-order valence-electron chi connectivity index (χ0n) is 22.9. The van der Waals surface area contributed by atoms with E-state index in [4.69, 9.17) is 10.2 Å². The lowest BCUT2D eigenvalue weighted by Crippen LogP contribution is -2.30. The molecule has 1 unspecified atom stereocenters. The number of azo groups is 2. The van der Waals surface area contributed by atoms with Crippen LogP contribution in [-0.2, 0) is 17.3 Å². The zero-order chi connectivity index (χ0) is 24.6. The molecule has 0 N–H and O–H groups in total. The van der Waals surface area contributed by atoms with E-state index < -0.39 is 0 Å². The Kier molecular flexibility index (Phi) is 5.50. The average Bonchev–Trinajstić information content (AvgIpc) is 3.31. The molecule has 2 aliphatic rings. The Labute approximate surface area is 201 Å². The number of allylic oxidation sites excluding steroid dienone is 1. The first-order chi connectivity index (χ1) is 15.0. The summed E-state index contributed by atoms with van der Waals surface area (Å²) in [6, 6.07) is 7.21. The third-order valence-corrected chi connectivity index (χ3v) is 7.30. The Morgan fingerprint density at radius 3 is 2.15 bits per heavy atom. The maximum Gasteiger partial charge on any atom is 0.202 e. The number of hydrogen-bond donors (Lipinski definition) is 0. The molecule has 0 aromatic carbocycles. The lowest BCUT2D eigenvalue weighted by atomic mass is 9.72. The molecule has 2 aromatic heterocycles. The molecule has 4 nitrogen and oxygen atoms in total. The van der Waals surface area contributed by atoms with E-state index in [9.17, 15) is 0 Å². The van der Waals surface area contributed by atoms with E-state index >= 15 is 0 Å². The molecular formula is C29H45N4+. The lowest BCUT2D eigenvalue weighted by molar-refractivity contribution is -0.592. The van der Waals surface area contributed by atoms with Gasteiger partial charge < -0.3 is 0 Å². The summed E-state index contributed by atoms with van der Waals surface area (Å²) in [6.07, 6.45) is 3.41. The molecule has 2 aliphatic heterocycles. The van der Waals surface area contributed by atoms with Gasteiger partial charge in [0.25, 0.3) is 0 Å². The van der Waals surface area contributed by atoms with Crippen LogP contribution in [0.3, 0.4) is 0 Å². The summed E-state index contributed by atoms with van der Waals surface area (Å²) >= 11 is 0. The van der Waals surface area contributed by atoms with Crippen molar-refractivity contribution in [1.29, 1.82) is 0 Å². The fraction of sp³-hybridized carbons (Fsp3) is 0.690. The first-order valence-corrected chi connectivity index (χ1v) is 12.8. The molecule has 1 saturated heterocycles. The van der Waals surface area contributed by atoms with Crippen LogP contribution in [0.15, 0.2) is 34.6 Å². The summed E-state index contributed by atoms with van der Waals surface area (Å²) in [7, 11) is 0. The topological polar surface area (TPSA) is 32.7 Å². The summed E-state index contributed by atoms with van der Waals surface area (Å²) in [5.41, 5.74) is 8.06. The van der Waals surface area contributed by atoms with Crippen molar-refractivity contribution < 1.29 is 4.70 Å². The normalized spacial score (nSPS) is 20.1. The van der Waals surface area contributed by atoms with Gasteiger partial charge in [-0.2, -0.15) is 5.10 Å². The largest absolute Gasteiger partial charge is 0.237 e. The molecule has 33 heavy (non-hydrogen) atoms. The van der Waals surface area contributed by atoms with Crippen LogP contribution in [0, 0.1) is 10.8 Å². The van der Waals surface area contributed by atoms with Gasteiger partial charge in [-0.25, -0.2) is 4.52 Å². The van der Waals surface area contributed by atoms with E-state index in [0.717, 1.165) is 13.0 Å². The van der Waals surface area contributed by atoms with Gasteiger partial charge in [-0.15, -0.1) is 4.70 Å². The molecule has 1 atom stereocenters. The minimum atomic E-state index is -0.00195. The van der Waals surface area contributed by atoms with Crippen molar-refractivity contribution in [3.63, 3.8) is 0 Å². The molecule has 0 bridgehead atoms. The molecule has 4 heteroatoms. The predicted octanol–water partition coefficient (Wildman–Crippen LogP) is 7.44. The summed E-state index contributed by atoms with van der Waals surface area (Å²) < 4.78 is 4.61. The monoisotopic (exact) mass is 449 g/mol. The Bertz CT molecular complexity index is 1140. The molecule has 2 aromatic rings. The van der Waals surface area contributed by atoms with Gasteiger partial charge in [-0.05, 0) is 29.1 Å². The quantitative estimate of drug-likeness (QED) is 0.448. The predicted molar refractivity (Wildman–Crippen MR) is 137 cm³/mol. The standard InChI is InChI=1S/C29H45N4/c1-26(2,3)22-21-15-12-14-19(33(21)31-24(22)27(4,5)6)18-29(10,11)23-20-16-13-17-32(20)30-25(23)28(7,8)9/h12,14-15,20H,13,16-18H2,1-11H3/q+1. The van der Waals surface area contributed by atoms with E-state index in [0.29, 0.717) is 6.04 Å². The van der Waals surface area contributed by atoms with Crippen LogP contribution in [0.1, 0.15) is 106 Å². The van der Waals surface area contributed by atoms with E-state index in [-0.39, 0.29) is 21.7 Å². The van der Waals surface area contributed by atoms with Crippen LogP contribution in [-0.4, -0.2) is 26.9 Å². The minimum absolute atomic E-state index is 0.000104. The Hall–Kier alpha value is -1.97. The first kappa shape index (κ1) is 24.2. The van der Waals surface area contributed by atoms with E-state index in [1.54, 1.807) is 5.57 Å². The summed E-state index contributed by atoms with van der Waals surface area (Å²) in [6.45, 7) is 26.6. The fourth-order valence-corrected chi connectivity index (χ4v) is 5.90. The molecule has 4 heterocycles. The van der Waals surface area contributed by atoms with E-state index in [1.165, 1.54) is 41.0 Å². The summed E-state index contributed by atoms with van der Waals surface area (Å²) in [5.74, 6) is 0. The first-order valence-electron chi connectivity index (χ1n) is 12.8. The Morgan fingerprint density at radius 1 is 0.909 bits per heavy atom. The van der Waals surface area contributed by atoms with Crippen molar-refractivity contribution >= 4 is 5.52 Å². The number of rotatable bonds is 3. The molecule has 0 radical (unpaired) electrons. The maximum absolute atomic E-state index is 5.26. The van der Waals surface area contributed by atoms with Crippen LogP contribution in [0.25, 0.3) is 5.52 Å². The van der Waals surface area contributed by atoms with E-state index in [2.05, 4.69) is 104 Å². The van der Waals surface area contributed by atoms with Gasteiger partial charge in [0.05, 0.1) is 11.2 Å². The second-order valence-corrected chi connectivity index (χ2v) is 14.0. The smallest absolute Gasteiger partial charge is 0.202 e. The summed E-state index contributed by atoms with van der Waals surface area (Å²) in [5, 5.41) is 10.4. The highest BCUT2D eigenvalue weighted by atomic mass is 15.3. The number of nitrogens with zero attached hydrogens (tertiary/aromatic N) is 4. The highest BCUT2D eigenvalue weighted by Crippen LogP contribution is 2.48. The second-order valence-electron chi connectivity index (χ2n) is 14.0. The van der Waals surface area contributed by atoms with Crippen molar-refractivity contribution in [3.05, 3.63) is 46.4 Å². The van der Waals surface area contributed by atoms with Crippen molar-refractivity contribution in [2.45, 2.75) is 112 Å². The number of fused-ring (bicyclic) bond motifs is 2. The van der Waals surface area contributed by atoms with Crippen LogP contribution in [0.5, 0.6) is 0 Å². The van der Waals surface area contributed by atoms with Gasteiger partial charge in [0, 0.05) is 45.9 Å². The van der Waals surface area contributed by atoms with E-state index in [1.807, 2.05) is 0 Å². The molecule has 0 saturated carbocycles. The van der Waals surface area contributed by atoms with Crippen LogP contribution >= 0.6 is 0 Å². The average molecular weight is 450 g/mol. The van der Waals surface area contributed by atoms with Gasteiger partial charge in [0.1, 0.15) is 5.70 Å². The molecule has 4 rings (SSSR count). The van der Waals surface area contributed by atoms with Crippen molar-refractivity contribution in [3.8, 4) is 0 Å². The molecule has 0 aliphatic carbocycles. The van der Waals surface area contributed by atoms with Crippen LogP contribution < -0.4 is 0 Å². The molecular weight excluding hydrogens is 404 g/mol. The molecule has 180 valence electrons. The van der Waals surface area contributed by atoms with Gasteiger partial charge in [-0.3, -0.25) is 0 Å². The number of pyridine rings is 1. The summed E-state index contributed by atoms with van der Waals surface area (Å²) in [4.78, 5) is 0. The number of aromatic nitrogens is 2. The lowest BCUT2D eigenvalue weighted by Gasteiger charge is -2.30. The zero-order valence-corrected chi connectivity index (χ0v) is 22.9. The van der Waals surface area contributed by atoms with Crippen LogP contribution in [0.4, 0.5) is 0 Å². The van der Waals surface area contributed by atoms with Gasteiger partial charge in [0.2, 0.25) is 6.04 Å². The third kappa shape index (κ3) is 4.19. The number of hydrogen-bond acceptors (Lipinski definition) is 2. The van der Waals surface area contributed by atoms with Gasteiger partial charge >= 0.3 is 0 Å². The van der Waals surface area contributed by atoms with Crippen molar-refractivity contribution in [1.82, 2.24) is 9.61 Å². The SMILES string of the molecule is CC(C)(C)C1=C(C(C)(C)Cc2cccc3c(C(C)(C)C)c(C(C)(C)C)nn23)C2CCC[N+]2=N1. The molecule has 1 fully saturated rings. The Balaban J connectivity index is 1.85. The molecule has 0 amide bonds. The maximum atomic E-state index is 5.26. The highest BCUT2D eigenvalue weighted by Gasteiger charge is 2.49. The Morgan fingerprint density at radius 2 is 1.58 bits per heavy atom.